The summed E-state index contributed by atoms with van der Waals surface area (Å²) in [6, 6.07) is 0.719. The normalized spacial score (nSPS) is 15.6. The van der Waals surface area contributed by atoms with Crippen LogP contribution in [0.5, 0.6) is 0 Å². The molecular formula is C11H15N5. The number of H-pyrrole nitrogens is 1. The largest absolute Gasteiger partial charge is 0.310 e. The maximum atomic E-state index is 4.17. The average molecular weight is 217 g/mol. The van der Waals surface area contributed by atoms with Gasteiger partial charge in [-0.3, -0.25) is 9.78 Å². The topological polar surface area (TPSA) is 58.5 Å². The smallest absolute Gasteiger partial charge is 0.0726 e. The predicted molar refractivity (Wildman–Crippen MR) is 60.7 cm³/mol. The maximum absolute atomic E-state index is 4.17. The van der Waals surface area contributed by atoms with E-state index in [2.05, 4.69) is 20.6 Å². The van der Waals surface area contributed by atoms with E-state index in [1.54, 1.807) is 4.68 Å². The van der Waals surface area contributed by atoms with Crippen LogP contribution in [0.25, 0.3) is 11.3 Å². The van der Waals surface area contributed by atoms with Gasteiger partial charge in [-0.05, 0) is 12.8 Å². The van der Waals surface area contributed by atoms with Crippen molar-refractivity contribution < 1.29 is 0 Å². The first kappa shape index (κ1) is 9.59. The number of hydrogen-bond acceptors (Lipinski definition) is 3. The van der Waals surface area contributed by atoms with Crippen LogP contribution in [0.1, 0.15) is 18.4 Å². The fourth-order valence-corrected chi connectivity index (χ4v) is 1.79. The van der Waals surface area contributed by atoms with E-state index in [4.69, 9.17) is 0 Å². The van der Waals surface area contributed by atoms with Gasteiger partial charge in [-0.2, -0.15) is 10.2 Å². The van der Waals surface area contributed by atoms with Crippen LogP contribution >= 0.6 is 0 Å². The molecule has 2 aromatic rings. The van der Waals surface area contributed by atoms with E-state index >= 15 is 0 Å². The highest BCUT2D eigenvalue weighted by Gasteiger charge is 2.21. The van der Waals surface area contributed by atoms with E-state index in [9.17, 15) is 0 Å². The molecule has 2 aromatic heterocycles. The number of nitrogens with zero attached hydrogens (tertiary/aromatic N) is 3. The Balaban J connectivity index is 1.80. The second kappa shape index (κ2) is 3.75. The van der Waals surface area contributed by atoms with Gasteiger partial charge in [0.05, 0.1) is 18.1 Å². The summed E-state index contributed by atoms with van der Waals surface area (Å²) in [6.07, 6.45) is 8.35. The molecule has 0 spiro atoms. The Morgan fingerprint density at radius 1 is 1.50 bits per heavy atom. The van der Waals surface area contributed by atoms with Crippen molar-refractivity contribution in [3.8, 4) is 11.3 Å². The van der Waals surface area contributed by atoms with Crippen LogP contribution < -0.4 is 5.32 Å². The predicted octanol–water partition coefficient (Wildman–Crippen LogP) is 1.06. The number of nitrogens with one attached hydrogen (secondary N) is 2. The molecule has 5 heteroatoms. The molecule has 0 bridgehead atoms. The lowest BCUT2D eigenvalue weighted by molar-refractivity contribution is 0.689. The highest BCUT2D eigenvalue weighted by Crippen LogP contribution is 2.23. The Morgan fingerprint density at radius 3 is 3.06 bits per heavy atom. The van der Waals surface area contributed by atoms with Gasteiger partial charge in [-0.1, -0.05) is 0 Å². The molecule has 0 aliphatic heterocycles. The molecule has 0 saturated heterocycles. The molecule has 1 aliphatic carbocycles. The van der Waals surface area contributed by atoms with E-state index < -0.39 is 0 Å². The molecular weight excluding hydrogens is 202 g/mol. The zero-order valence-electron chi connectivity index (χ0n) is 9.27. The maximum Gasteiger partial charge on any atom is 0.0726 e. The zero-order chi connectivity index (χ0) is 11.0. The van der Waals surface area contributed by atoms with Crippen LogP contribution in [-0.4, -0.2) is 26.0 Å². The van der Waals surface area contributed by atoms with Crippen LogP contribution in [0.3, 0.4) is 0 Å². The molecule has 1 fully saturated rings. The summed E-state index contributed by atoms with van der Waals surface area (Å²) in [7, 11) is 1.92. The van der Waals surface area contributed by atoms with Crippen molar-refractivity contribution in [1.29, 1.82) is 0 Å². The summed E-state index contributed by atoms with van der Waals surface area (Å²) >= 11 is 0. The minimum absolute atomic E-state index is 0.719. The zero-order valence-corrected chi connectivity index (χ0v) is 9.27. The number of aryl methyl sites for hydroxylation is 1. The van der Waals surface area contributed by atoms with Crippen molar-refractivity contribution in [2.75, 3.05) is 0 Å². The molecule has 84 valence electrons. The van der Waals surface area contributed by atoms with Crippen LogP contribution in [0, 0.1) is 0 Å². The van der Waals surface area contributed by atoms with Gasteiger partial charge in [0.2, 0.25) is 0 Å². The summed E-state index contributed by atoms with van der Waals surface area (Å²) in [5, 5.41) is 14.8. The van der Waals surface area contributed by atoms with Gasteiger partial charge in [0.15, 0.2) is 0 Å². The van der Waals surface area contributed by atoms with E-state index in [1.807, 2.05) is 25.6 Å². The Bertz CT molecular complexity index is 480. The molecule has 2 N–H and O–H groups in total. The molecule has 0 atom stereocenters. The number of hydrogen-bond donors (Lipinski definition) is 2. The first-order valence-corrected chi connectivity index (χ1v) is 5.57. The van der Waals surface area contributed by atoms with E-state index in [-0.39, 0.29) is 0 Å². The van der Waals surface area contributed by atoms with Gasteiger partial charge in [-0.25, -0.2) is 0 Å². The third-order valence-corrected chi connectivity index (χ3v) is 2.87. The lowest BCUT2D eigenvalue weighted by Gasteiger charge is -2.02. The monoisotopic (exact) mass is 217 g/mol. The second-order valence-electron chi connectivity index (χ2n) is 4.33. The van der Waals surface area contributed by atoms with Crippen LogP contribution in [-0.2, 0) is 13.6 Å². The van der Waals surface area contributed by atoms with E-state index in [0.717, 1.165) is 23.8 Å². The van der Waals surface area contributed by atoms with Gasteiger partial charge in [-0.15, -0.1) is 0 Å². The SMILES string of the molecule is Cn1cc(-c2[nH]ncc2CNC2CC2)cn1. The average Bonchev–Trinajstić information content (AvgIpc) is 2.82. The molecule has 5 nitrogen and oxygen atoms in total. The quantitative estimate of drug-likeness (QED) is 0.805. The molecule has 0 unspecified atom stereocenters. The molecule has 0 aromatic carbocycles. The molecule has 3 rings (SSSR count). The van der Waals surface area contributed by atoms with Crippen LogP contribution in [0.4, 0.5) is 0 Å². The summed E-state index contributed by atoms with van der Waals surface area (Å²) in [6.45, 7) is 0.880. The molecule has 2 heterocycles. The van der Waals surface area contributed by atoms with Crippen LogP contribution in [0.2, 0.25) is 0 Å². The minimum Gasteiger partial charge on any atom is -0.310 e. The summed E-state index contributed by atoms with van der Waals surface area (Å²) < 4.78 is 1.80. The standard InChI is InChI=1S/C11H15N5/c1-16-7-9(6-14-16)11-8(5-13-15-11)4-12-10-2-3-10/h5-7,10,12H,2-4H2,1H3,(H,13,15). The van der Waals surface area contributed by atoms with Crippen molar-refractivity contribution in [3.05, 3.63) is 24.2 Å². The Hall–Kier alpha value is -1.62. The number of aromatic nitrogens is 4. The lowest BCUT2D eigenvalue weighted by atomic mass is 10.1. The van der Waals surface area contributed by atoms with Gasteiger partial charge >= 0.3 is 0 Å². The molecule has 0 radical (unpaired) electrons. The van der Waals surface area contributed by atoms with Crippen molar-refractivity contribution >= 4 is 0 Å². The lowest BCUT2D eigenvalue weighted by Crippen LogP contribution is -2.15. The molecule has 0 amide bonds. The molecule has 16 heavy (non-hydrogen) atoms. The summed E-state index contributed by atoms with van der Waals surface area (Å²) in [5.41, 5.74) is 3.37. The summed E-state index contributed by atoms with van der Waals surface area (Å²) in [5.74, 6) is 0. The van der Waals surface area contributed by atoms with Crippen molar-refractivity contribution in [1.82, 2.24) is 25.3 Å². The minimum atomic E-state index is 0.719. The highest BCUT2D eigenvalue weighted by atomic mass is 15.2. The highest BCUT2D eigenvalue weighted by molar-refractivity contribution is 5.60. The third kappa shape index (κ3) is 1.86. The van der Waals surface area contributed by atoms with Gasteiger partial charge in [0.1, 0.15) is 0 Å². The third-order valence-electron chi connectivity index (χ3n) is 2.87. The van der Waals surface area contributed by atoms with Crippen molar-refractivity contribution in [2.45, 2.75) is 25.4 Å². The summed E-state index contributed by atoms with van der Waals surface area (Å²) in [4.78, 5) is 0. The van der Waals surface area contributed by atoms with E-state index in [0.29, 0.717) is 0 Å². The van der Waals surface area contributed by atoms with Gasteiger partial charge in [0, 0.05) is 37.0 Å². The fraction of sp³-hybridized carbons (Fsp3) is 0.455. The van der Waals surface area contributed by atoms with E-state index in [1.165, 1.54) is 18.4 Å². The molecule has 1 saturated carbocycles. The molecule has 1 aliphatic rings. The van der Waals surface area contributed by atoms with Crippen LogP contribution in [0.15, 0.2) is 18.6 Å². The fourth-order valence-electron chi connectivity index (χ4n) is 1.79. The first-order valence-electron chi connectivity index (χ1n) is 5.57. The second-order valence-corrected chi connectivity index (χ2v) is 4.33. The van der Waals surface area contributed by atoms with Crippen molar-refractivity contribution in [2.24, 2.45) is 7.05 Å². The number of aromatic amines is 1. The van der Waals surface area contributed by atoms with Gasteiger partial charge in [0.25, 0.3) is 0 Å². The Morgan fingerprint density at radius 2 is 2.38 bits per heavy atom. The Labute approximate surface area is 93.9 Å². The van der Waals surface area contributed by atoms with Crippen molar-refractivity contribution in [3.63, 3.8) is 0 Å². The van der Waals surface area contributed by atoms with Gasteiger partial charge < -0.3 is 5.32 Å². The first-order chi connectivity index (χ1) is 7.83. The number of rotatable bonds is 4. The Kier molecular flexibility index (Phi) is 2.25.